The summed E-state index contributed by atoms with van der Waals surface area (Å²) in [6, 6.07) is 0. The van der Waals surface area contributed by atoms with Gasteiger partial charge in [-0.25, -0.2) is 4.98 Å². The van der Waals surface area contributed by atoms with Gasteiger partial charge >= 0.3 is 0 Å². The molecule has 4 heteroatoms. The maximum atomic E-state index is 4.10. The Morgan fingerprint density at radius 1 is 1.62 bits per heavy atom. The van der Waals surface area contributed by atoms with Gasteiger partial charge in [0, 0.05) is 7.05 Å². The van der Waals surface area contributed by atoms with E-state index in [1.54, 1.807) is 11.0 Å². The zero-order valence-corrected chi connectivity index (χ0v) is 8.20. The molecular formula is C9H16N4. The first-order valence-corrected chi connectivity index (χ1v) is 4.49. The van der Waals surface area contributed by atoms with Crippen molar-refractivity contribution >= 4 is 0 Å². The predicted molar refractivity (Wildman–Crippen MR) is 52.1 cm³/mol. The van der Waals surface area contributed by atoms with E-state index >= 15 is 0 Å². The molecule has 0 saturated heterocycles. The third-order valence-electron chi connectivity index (χ3n) is 1.81. The summed E-state index contributed by atoms with van der Waals surface area (Å²) < 4.78 is 1.78. The van der Waals surface area contributed by atoms with Crippen LogP contribution in [0, 0.1) is 0 Å². The third kappa shape index (κ3) is 3.38. The molecule has 0 aliphatic rings. The van der Waals surface area contributed by atoms with Crippen molar-refractivity contribution in [2.24, 2.45) is 7.05 Å². The number of allylic oxidation sites excluding steroid dienone is 1. The Hall–Kier alpha value is -1.16. The van der Waals surface area contributed by atoms with Gasteiger partial charge in [0.05, 0.1) is 6.54 Å². The van der Waals surface area contributed by atoms with Crippen LogP contribution in [0.1, 0.15) is 19.2 Å². The molecule has 1 aromatic rings. The van der Waals surface area contributed by atoms with Crippen molar-refractivity contribution in [2.75, 3.05) is 6.54 Å². The molecule has 1 heterocycles. The molecule has 0 radical (unpaired) electrons. The second-order valence-electron chi connectivity index (χ2n) is 2.83. The second-order valence-corrected chi connectivity index (χ2v) is 2.83. The summed E-state index contributed by atoms with van der Waals surface area (Å²) in [4.78, 5) is 4.10. The zero-order chi connectivity index (χ0) is 9.52. The van der Waals surface area contributed by atoms with Crippen molar-refractivity contribution in [1.82, 2.24) is 20.1 Å². The highest BCUT2D eigenvalue weighted by atomic mass is 15.3. The Labute approximate surface area is 78.7 Å². The maximum absolute atomic E-state index is 4.10. The molecule has 13 heavy (non-hydrogen) atoms. The lowest BCUT2D eigenvalue weighted by atomic mass is 10.4. The first-order chi connectivity index (χ1) is 6.34. The van der Waals surface area contributed by atoms with Gasteiger partial charge in [-0.1, -0.05) is 12.2 Å². The molecule has 0 spiro atoms. The minimum atomic E-state index is 0.786. The highest BCUT2D eigenvalue weighted by Crippen LogP contribution is 1.89. The van der Waals surface area contributed by atoms with Gasteiger partial charge in [-0.2, -0.15) is 5.10 Å². The van der Waals surface area contributed by atoms with Crippen LogP contribution >= 0.6 is 0 Å². The van der Waals surface area contributed by atoms with Gasteiger partial charge < -0.3 is 5.32 Å². The van der Waals surface area contributed by atoms with E-state index in [0.29, 0.717) is 0 Å². The van der Waals surface area contributed by atoms with Crippen molar-refractivity contribution in [3.63, 3.8) is 0 Å². The van der Waals surface area contributed by atoms with E-state index in [1.807, 2.05) is 14.0 Å². The van der Waals surface area contributed by atoms with Crippen molar-refractivity contribution < 1.29 is 0 Å². The van der Waals surface area contributed by atoms with Crippen LogP contribution in [-0.2, 0) is 13.6 Å². The summed E-state index contributed by atoms with van der Waals surface area (Å²) in [5.41, 5.74) is 0. The van der Waals surface area contributed by atoms with Crippen LogP contribution in [0.2, 0.25) is 0 Å². The standard InChI is InChI=1S/C9H16N4/c1-3-4-5-6-10-7-9-11-8-12-13(9)2/h3-4,8,10H,5-7H2,1-2H3/b4-3+. The Morgan fingerprint density at radius 3 is 3.08 bits per heavy atom. The Morgan fingerprint density at radius 2 is 2.46 bits per heavy atom. The highest BCUT2D eigenvalue weighted by molar-refractivity contribution is 4.83. The van der Waals surface area contributed by atoms with E-state index < -0.39 is 0 Å². The van der Waals surface area contributed by atoms with Crippen LogP contribution < -0.4 is 5.32 Å². The van der Waals surface area contributed by atoms with Crippen LogP contribution in [0.4, 0.5) is 0 Å². The molecule has 0 saturated carbocycles. The van der Waals surface area contributed by atoms with Gasteiger partial charge in [0.25, 0.3) is 0 Å². The molecular weight excluding hydrogens is 164 g/mol. The molecule has 1 rings (SSSR count). The average molecular weight is 180 g/mol. The lowest BCUT2D eigenvalue weighted by molar-refractivity contribution is 0.617. The van der Waals surface area contributed by atoms with Crippen molar-refractivity contribution in [2.45, 2.75) is 19.9 Å². The average Bonchev–Trinajstić information content (AvgIpc) is 2.52. The van der Waals surface area contributed by atoms with Crippen molar-refractivity contribution in [3.8, 4) is 0 Å². The zero-order valence-electron chi connectivity index (χ0n) is 8.20. The largest absolute Gasteiger partial charge is 0.310 e. The minimum absolute atomic E-state index is 0.786. The van der Waals surface area contributed by atoms with E-state index in [2.05, 4.69) is 27.6 Å². The fourth-order valence-electron chi connectivity index (χ4n) is 1.03. The van der Waals surface area contributed by atoms with Crippen LogP contribution in [-0.4, -0.2) is 21.3 Å². The summed E-state index contributed by atoms with van der Waals surface area (Å²) >= 11 is 0. The maximum Gasteiger partial charge on any atom is 0.140 e. The van der Waals surface area contributed by atoms with E-state index in [1.165, 1.54) is 0 Å². The molecule has 0 amide bonds. The Balaban J connectivity index is 2.16. The van der Waals surface area contributed by atoms with Gasteiger partial charge in [-0.15, -0.1) is 0 Å². The van der Waals surface area contributed by atoms with Crippen LogP contribution in [0.15, 0.2) is 18.5 Å². The predicted octanol–water partition coefficient (Wildman–Crippen LogP) is 0.871. The number of aryl methyl sites for hydroxylation is 1. The first-order valence-electron chi connectivity index (χ1n) is 4.49. The molecule has 0 aliphatic heterocycles. The van der Waals surface area contributed by atoms with Crippen LogP contribution in [0.5, 0.6) is 0 Å². The smallest absolute Gasteiger partial charge is 0.140 e. The van der Waals surface area contributed by atoms with Gasteiger partial charge in [0.2, 0.25) is 0 Å². The first kappa shape index (κ1) is 9.92. The SMILES string of the molecule is C/C=C/CCNCc1ncnn1C. The number of rotatable bonds is 5. The van der Waals surface area contributed by atoms with Crippen LogP contribution in [0.3, 0.4) is 0 Å². The summed E-state index contributed by atoms with van der Waals surface area (Å²) in [6.07, 6.45) is 6.84. The number of nitrogens with zero attached hydrogens (tertiary/aromatic N) is 3. The van der Waals surface area contributed by atoms with Gasteiger partial charge in [-0.05, 0) is 19.9 Å². The highest BCUT2D eigenvalue weighted by Gasteiger charge is 1.97. The molecule has 4 nitrogen and oxygen atoms in total. The van der Waals surface area contributed by atoms with E-state index in [4.69, 9.17) is 0 Å². The Kier molecular flexibility index (Phi) is 4.18. The molecule has 72 valence electrons. The van der Waals surface area contributed by atoms with Gasteiger partial charge in [0.1, 0.15) is 12.2 Å². The number of hydrogen-bond acceptors (Lipinski definition) is 3. The molecule has 0 unspecified atom stereocenters. The van der Waals surface area contributed by atoms with E-state index in [0.717, 1.165) is 25.3 Å². The molecule has 1 N–H and O–H groups in total. The number of aromatic nitrogens is 3. The van der Waals surface area contributed by atoms with Gasteiger partial charge in [0.15, 0.2) is 0 Å². The quantitative estimate of drug-likeness (QED) is 0.540. The molecule has 0 atom stereocenters. The lowest BCUT2D eigenvalue weighted by Gasteiger charge is -2.01. The lowest BCUT2D eigenvalue weighted by Crippen LogP contribution is -2.17. The van der Waals surface area contributed by atoms with E-state index in [-0.39, 0.29) is 0 Å². The minimum Gasteiger partial charge on any atom is -0.310 e. The molecule has 0 aliphatic carbocycles. The van der Waals surface area contributed by atoms with Crippen molar-refractivity contribution in [1.29, 1.82) is 0 Å². The normalized spacial score (nSPS) is 11.2. The van der Waals surface area contributed by atoms with Gasteiger partial charge in [-0.3, -0.25) is 4.68 Å². The summed E-state index contributed by atoms with van der Waals surface area (Å²) in [5.74, 6) is 0.973. The number of nitrogens with one attached hydrogen (secondary N) is 1. The Bertz CT molecular complexity index is 264. The third-order valence-corrected chi connectivity index (χ3v) is 1.81. The van der Waals surface area contributed by atoms with Crippen LogP contribution in [0.25, 0.3) is 0 Å². The fourth-order valence-corrected chi connectivity index (χ4v) is 1.03. The second kappa shape index (κ2) is 5.48. The number of hydrogen-bond donors (Lipinski definition) is 1. The molecule has 0 bridgehead atoms. The summed E-state index contributed by atoms with van der Waals surface area (Å²) in [6.45, 7) is 3.80. The van der Waals surface area contributed by atoms with E-state index in [9.17, 15) is 0 Å². The van der Waals surface area contributed by atoms with Crippen molar-refractivity contribution in [3.05, 3.63) is 24.3 Å². The molecule has 0 aromatic carbocycles. The summed E-state index contributed by atoms with van der Waals surface area (Å²) in [5, 5.41) is 7.27. The molecule has 0 fully saturated rings. The molecule has 1 aromatic heterocycles. The monoisotopic (exact) mass is 180 g/mol. The fraction of sp³-hybridized carbons (Fsp3) is 0.556. The summed E-state index contributed by atoms with van der Waals surface area (Å²) in [7, 11) is 1.90. The topological polar surface area (TPSA) is 42.7 Å².